The van der Waals surface area contributed by atoms with Gasteiger partial charge < -0.3 is 14.6 Å². The van der Waals surface area contributed by atoms with Gasteiger partial charge in [-0.3, -0.25) is 10.1 Å². The molecule has 0 amide bonds. The Hall–Kier alpha value is -0.650. The first kappa shape index (κ1) is 14.4. The minimum Gasteiger partial charge on any atom is -0.480 e. The molecule has 1 atom stereocenters. The SMILES string of the molecule is COC(C)(C)CCOCC(NC1CC1)C(=O)O. The Labute approximate surface area is 102 Å². The molecular formula is C12H23NO4. The number of carboxylic acid groups (broad SMARTS) is 1. The molecular weight excluding hydrogens is 222 g/mol. The summed E-state index contributed by atoms with van der Waals surface area (Å²) >= 11 is 0. The zero-order valence-electron chi connectivity index (χ0n) is 10.9. The predicted octanol–water partition coefficient (Wildman–Crippen LogP) is 1.02. The van der Waals surface area contributed by atoms with Crippen molar-refractivity contribution < 1.29 is 19.4 Å². The lowest BCUT2D eigenvalue weighted by Gasteiger charge is -2.23. The smallest absolute Gasteiger partial charge is 0.323 e. The van der Waals surface area contributed by atoms with Crippen LogP contribution in [0.1, 0.15) is 33.1 Å². The van der Waals surface area contributed by atoms with Crippen LogP contribution in [0.15, 0.2) is 0 Å². The number of rotatable bonds is 9. The fraction of sp³-hybridized carbons (Fsp3) is 0.917. The Morgan fingerprint density at radius 1 is 1.53 bits per heavy atom. The molecule has 1 rings (SSSR count). The molecule has 5 nitrogen and oxygen atoms in total. The number of ether oxygens (including phenoxy) is 2. The standard InChI is InChI=1S/C12H23NO4/c1-12(2,16-3)6-7-17-8-10(11(14)15)13-9-4-5-9/h9-10,13H,4-8H2,1-3H3,(H,14,15). The molecule has 0 aromatic heterocycles. The minimum absolute atomic E-state index is 0.214. The monoisotopic (exact) mass is 245 g/mol. The van der Waals surface area contributed by atoms with E-state index in [1.807, 2.05) is 13.8 Å². The molecule has 0 aliphatic heterocycles. The summed E-state index contributed by atoms with van der Waals surface area (Å²) < 4.78 is 10.7. The van der Waals surface area contributed by atoms with Crippen LogP contribution in [0.25, 0.3) is 0 Å². The van der Waals surface area contributed by atoms with E-state index in [0.717, 1.165) is 19.3 Å². The third-order valence-electron chi connectivity index (χ3n) is 3.00. The second-order valence-electron chi connectivity index (χ2n) is 5.12. The van der Waals surface area contributed by atoms with Gasteiger partial charge in [-0.25, -0.2) is 0 Å². The first-order chi connectivity index (χ1) is 7.94. The third-order valence-corrected chi connectivity index (χ3v) is 3.00. The van der Waals surface area contributed by atoms with Crippen LogP contribution in [-0.2, 0) is 14.3 Å². The van der Waals surface area contributed by atoms with Gasteiger partial charge in [0.25, 0.3) is 0 Å². The zero-order valence-corrected chi connectivity index (χ0v) is 10.9. The van der Waals surface area contributed by atoms with Crippen molar-refractivity contribution in [3.63, 3.8) is 0 Å². The zero-order chi connectivity index (χ0) is 12.9. The van der Waals surface area contributed by atoms with Gasteiger partial charge in [0.1, 0.15) is 6.04 Å². The number of carboxylic acids is 1. The number of hydrogen-bond donors (Lipinski definition) is 2. The molecule has 2 N–H and O–H groups in total. The summed E-state index contributed by atoms with van der Waals surface area (Å²) in [7, 11) is 1.66. The molecule has 1 aliphatic rings. The summed E-state index contributed by atoms with van der Waals surface area (Å²) in [5, 5.41) is 12.0. The summed E-state index contributed by atoms with van der Waals surface area (Å²) in [5.41, 5.74) is -0.220. The summed E-state index contributed by atoms with van der Waals surface area (Å²) in [4.78, 5) is 10.9. The van der Waals surface area contributed by atoms with E-state index in [2.05, 4.69) is 5.32 Å². The molecule has 0 radical (unpaired) electrons. The maximum absolute atomic E-state index is 10.9. The van der Waals surface area contributed by atoms with Gasteiger partial charge in [0.05, 0.1) is 12.2 Å². The van der Waals surface area contributed by atoms with Crippen LogP contribution in [0.5, 0.6) is 0 Å². The quantitative estimate of drug-likeness (QED) is 0.594. The number of hydrogen-bond acceptors (Lipinski definition) is 4. The van der Waals surface area contributed by atoms with E-state index in [4.69, 9.17) is 14.6 Å². The molecule has 0 spiro atoms. The van der Waals surface area contributed by atoms with Crippen LogP contribution < -0.4 is 5.32 Å². The highest BCUT2D eigenvalue weighted by Gasteiger charge is 2.28. The molecule has 1 saturated carbocycles. The maximum atomic E-state index is 10.9. The van der Waals surface area contributed by atoms with Crippen molar-refractivity contribution in [2.24, 2.45) is 0 Å². The van der Waals surface area contributed by atoms with Crippen molar-refractivity contribution >= 4 is 5.97 Å². The summed E-state index contributed by atoms with van der Waals surface area (Å²) in [6.45, 7) is 4.68. The van der Waals surface area contributed by atoms with Crippen LogP contribution in [0.3, 0.4) is 0 Å². The van der Waals surface area contributed by atoms with Crippen molar-refractivity contribution in [1.29, 1.82) is 0 Å². The fourth-order valence-electron chi connectivity index (χ4n) is 1.35. The van der Waals surface area contributed by atoms with Crippen LogP contribution in [0.2, 0.25) is 0 Å². The highest BCUT2D eigenvalue weighted by molar-refractivity contribution is 5.73. The second-order valence-corrected chi connectivity index (χ2v) is 5.12. The van der Waals surface area contributed by atoms with Gasteiger partial charge in [-0.2, -0.15) is 0 Å². The van der Waals surface area contributed by atoms with Crippen molar-refractivity contribution in [2.45, 2.75) is 50.8 Å². The van der Waals surface area contributed by atoms with Crippen LogP contribution in [0.4, 0.5) is 0 Å². The van der Waals surface area contributed by atoms with E-state index < -0.39 is 12.0 Å². The van der Waals surface area contributed by atoms with Gasteiger partial charge in [0.2, 0.25) is 0 Å². The van der Waals surface area contributed by atoms with E-state index in [1.165, 1.54) is 0 Å². The van der Waals surface area contributed by atoms with Crippen LogP contribution in [-0.4, -0.2) is 49.1 Å². The van der Waals surface area contributed by atoms with Gasteiger partial charge in [-0.15, -0.1) is 0 Å². The largest absolute Gasteiger partial charge is 0.480 e. The molecule has 1 aliphatic carbocycles. The predicted molar refractivity (Wildman–Crippen MR) is 64.1 cm³/mol. The topological polar surface area (TPSA) is 67.8 Å². The first-order valence-electron chi connectivity index (χ1n) is 6.06. The van der Waals surface area contributed by atoms with E-state index in [-0.39, 0.29) is 12.2 Å². The van der Waals surface area contributed by atoms with Crippen molar-refractivity contribution in [3.8, 4) is 0 Å². The molecule has 0 bridgehead atoms. The average molecular weight is 245 g/mol. The lowest BCUT2D eigenvalue weighted by atomic mass is 10.1. The van der Waals surface area contributed by atoms with Gasteiger partial charge in [0.15, 0.2) is 0 Å². The lowest BCUT2D eigenvalue weighted by molar-refractivity contribution is -0.141. The Balaban J connectivity index is 2.15. The molecule has 17 heavy (non-hydrogen) atoms. The Kier molecular flexibility index (Phi) is 5.36. The summed E-state index contributed by atoms with van der Waals surface area (Å²) in [5.74, 6) is -0.845. The van der Waals surface area contributed by atoms with Crippen LogP contribution >= 0.6 is 0 Å². The Morgan fingerprint density at radius 2 is 2.18 bits per heavy atom. The molecule has 1 unspecified atom stereocenters. The molecule has 0 heterocycles. The highest BCUT2D eigenvalue weighted by Crippen LogP contribution is 2.19. The minimum atomic E-state index is -0.845. The summed E-state index contributed by atoms with van der Waals surface area (Å²) in [6, 6.07) is -0.219. The first-order valence-corrected chi connectivity index (χ1v) is 6.06. The maximum Gasteiger partial charge on any atom is 0.323 e. The average Bonchev–Trinajstić information content (AvgIpc) is 3.06. The van der Waals surface area contributed by atoms with Crippen LogP contribution in [0, 0.1) is 0 Å². The number of nitrogens with one attached hydrogen (secondary N) is 1. The molecule has 0 aromatic rings. The van der Waals surface area contributed by atoms with Gasteiger partial charge in [-0.1, -0.05) is 0 Å². The highest BCUT2D eigenvalue weighted by atomic mass is 16.5. The second kappa shape index (κ2) is 6.33. The normalized spacial score (nSPS) is 18.1. The van der Waals surface area contributed by atoms with E-state index in [1.54, 1.807) is 7.11 Å². The Bertz CT molecular complexity index is 251. The van der Waals surface area contributed by atoms with Gasteiger partial charge in [0, 0.05) is 19.8 Å². The van der Waals surface area contributed by atoms with Crippen molar-refractivity contribution in [1.82, 2.24) is 5.32 Å². The van der Waals surface area contributed by atoms with E-state index in [0.29, 0.717) is 12.6 Å². The molecule has 0 saturated heterocycles. The molecule has 100 valence electrons. The van der Waals surface area contributed by atoms with Gasteiger partial charge >= 0.3 is 5.97 Å². The molecule has 1 fully saturated rings. The van der Waals surface area contributed by atoms with E-state index >= 15 is 0 Å². The Morgan fingerprint density at radius 3 is 2.65 bits per heavy atom. The fourth-order valence-corrected chi connectivity index (χ4v) is 1.35. The number of carbonyl (C=O) groups is 1. The summed E-state index contributed by atoms with van der Waals surface area (Å²) in [6.07, 6.45) is 2.89. The number of aliphatic carboxylic acids is 1. The lowest BCUT2D eigenvalue weighted by Crippen LogP contribution is -2.42. The van der Waals surface area contributed by atoms with E-state index in [9.17, 15) is 4.79 Å². The van der Waals surface area contributed by atoms with Crippen molar-refractivity contribution in [2.75, 3.05) is 20.3 Å². The van der Waals surface area contributed by atoms with Gasteiger partial charge in [-0.05, 0) is 33.1 Å². The van der Waals surface area contributed by atoms with Crippen molar-refractivity contribution in [3.05, 3.63) is 0 Å². The molecule has 0 aromatic carbocycles. The third kappa shape index (κ3) is 6.00. The number of methoxy groups -OCH3 is 1. The molecule has 5 heteroatoms.